The maximum atomic E-state index is 6.51. The third-order valence-corrected chi connectivity index (χ3v) is 6.79. The van der Waals surface area contributed by atoms with Crippen molar-refractivity contribution in [2.24, 2.45) is 7.05 Å². The first kappa shape index (κ1) is 19.8. The van der Waals surface area contributed by atoms with Crippen molar-refractivity contribution in [2.45, 2.75) is 26.7 Å². The fourth-order valence-corrected chi connectivity index (χ4v) is 5.18. The summed E-state index contributed by atoms with van der Waals surface area (Å²) in [5.74, 6) is 1.54. The summed E-state index contributed by atoms with van der Waals surface area (Å²) in [6.07, 6.45) is 0. The van der Waals surface area contributed by atoms with Gasteiger partial charge in [0.05, 0.1) is 7.05 Å². The molecule has 0 aliphatic rings. The largest absolute Gasteiger partial charge is 0.455 e. The van der Waals surface area contributed by atoms with Crippen molar-refractivity contribution < 1.29 is 8.98 Å². The topological polar surface area (TPSA) is 21.9 Å². The molecule has 3 nitrogen and oxygen atoms in total. The lowest BCUT2D eigenvalue weighted by atomic mass is 10.00. The van der Waals surface area contributed by atoms with Crippen LogP contribution in [0.4, 0.5) is 0 Å². The predicted octanol–water partition coefficient (Wildman–Crippen LogP) is 7.45. The zero-order valence-corrected chi connectivity index (χ0v) is 19.5. The van der Waals surface area contributed by atoms with Crippen LogP contribution < -0.4 is 4.57 Å². The van der Waals surface area contributed by atoms with Crippen molar-refractivity contribution in [3.05, 3.63) is 96.1 Å². The zero-order valence-electron chi connectivity index (χ0n) is 19.5. The predicted molar refractivity (Wildman–Crippen MR) is 136 cm³/mol. The number of aryl methyl sites for hydroxylation is 2. The van der Waals surface area contributed by atoms with Crippen LogP contribution in [0.2, 0.25) is 0 Å². The minimum atomic E-state index is 0.406. The van der Waals surface area contributed by atoms with E-state index in [9.17, 15) is 0 Å². The molecule has 0 radical (unpaired) electrons. The summed E-state index contributed by atoms with van der Waals surface area (Å²) in [4.78, 5) is 0. The van der Waals surface area contributed by atoms with Gasteiger partial charge in [0.1, 0.15) is 16.8 Å². The summed E-state index contributed by atoms with van der Waals surface area (Å²) in [5.41, 5.74) is 9.13. The highest BCUT2D eigenvalue weighted by Crippen LogP contribution is 2.39. The van der Waals surface area contributed by atoms with E-state index in [1.165, 1.54) is 27.8 Å². The Labute approximate surface area is 193 Å². The van der Waals surface area contributed by atoms with Crippen molar-refractivity contribution in [1.29, 1.82) is 0 Å². The number of para-hydroxylation sites is 4. The monoisotopic (exact) mass is 431 g/mol. The fourth-order valence-electron chi connectivity index (χ4n) is 5.18. The second-order valence-electron chi connectivity index (χ2n) is 9.15. The minimum Gasteiger partial charge on any atom is -0.455 e. The fraction of sp³-hybridized carbons (Fsp3) is 0.167. The molecule has 0 aliphatic heterocycles. The maximum Gasteiger partial charge on any atom is 0.298 e. The number of furan rings is 1. The highest BCUT2D eigenvalue weighted by molar-refractivity contribution is 6.09. The van der Waals surface area contributed by atoms with Gasteiger partial charge in [-0.15, -0.1) is 0 Å². The minimum absolute atomic E-state index is 0.406. The van der Waals surface area contributed by atoms with Crippen LogP contribution in [-0.4, -0.2) is 4.57 Å². The molecule has 0 amide bonds. The number of imidazole rings is 1. The normalized spacial score (nSPS) is 11.9. The lowest BCUT2D eigenvalue weighted by Gasteiger charge is -2.12. The Morgan fingerprint density at radius 1 is 0.788 bits per heavy atom. The molecule has 6 rings (SSSR count). The molecule has 33 heavy (non-hydrogen) atoms. The van der Waals surface area contributed by atoms with E-state index >= 15 is 0 Å². The molecule has 0 spiro atoms. The van der Waals surface area contributed by atoms with Crippen LogP contribution in [0, 0.1) is 6.92 Å². The first-order chi connectivity index (χ1) is 16.1. The Bertz CT molecular complexity index is 1670. The maximum absolute atomic E-state index is 6.51. The molecule has 0 fully saturated rings. The third-order valence-electron chi connectivity index (χ3n) is 6.79. The third kappa shape index (κ3) is 2.85. The van der Waals surface area contributed by atoms with E-state index in [1.807, 2.05) is 6.07 Å². The van der Waals surface area contributed by atoms with E-state index < -0.39 is 0 Å². The van der Waals surface area contributed by atoms with E-state index in [1.54, 1.807) is 0 Å². The lowest BCUT2D eigenvalue weighted by Crippen LogP contribution is -2.30. The highest BCUT2D eigenvalue weighted by atomic mass is 16.3. The van der Waals surface area contributed by atoms with Crippen molar-refractivity contribution in [2.75, 3.05) is 0 Å². The number of rotatable bonds is 3. The van der Waals surface area contributed by atoms with E-state index in [2.05, 4.69) is 116 Å². The Balaban J connectivity index is 1.81. The second-order valence-corrected chi connectivity index (χ2v) is 9.15. The van der Waals surface area contributed by atoms with Crippen LogP contribution in [0.5, 0.6) is 0 Å². The number of aromatic nitrogens is 2. The van der Waals surface area contributed by atoms with E-state index in [-0.39, 0.29) is 0 Å². The van der Waals surface area contributed by atoms with Crippen LogP contribution in [-0.2, 0) is 7.05 Å². The zero-order chi connectivity index (χ0) is 22.7. The van der Waals surface area contributed by atoms with E-state index in [0.29, 0.717) is 5.92 Å². The number of fused-ring (bicyclic) bond motifs is 4. The molecule has 4 aromatic carbocycles. The van der Waals surface area contributed by atoms with Crippen molar-refractivity contribution in [3.63, 3.8) is 0 Å². The Kier molecular flexibility index (Phi) is 4.41. The Hall–Kier alpha value is -3.85. The first-order valence-corrected chi connectivity index (χ1v) is 11.6. The molecule has 2 aromatic heterocycles. The van der Waals surface area contributed by atoms with Crippen molar-refractivity contribution in [1.82, 2.24) is 4.57 Å². The SMILES string of the molecule is Cc1ccc2c(oc3ccccc32)c1-c1n(-c2ccccc2C(C)C)c2ccccc2[n+]1C. The van der Waals surface area contributed by atoms with Gasteiger partial charge in [-0.05, 0) is 42.7 Å². The Morgan fingerprint density at radius 3 is 2.36 bits per heavy atom. The van der Waals surface area contributed by atoms with Gasteiger partial charge in [-0.3, -0.25) is 0 Å². The molecule has 2 heterocycles. The van der Waals surface area contributed by atoms with Gasteiger partial charge in [-0.2, -0.15) is 4.57 Å². The molecule has 6 aromatic rings. The molecule has 0 aliphatic carbocycles. The summed E-state index contributed by atoms with van der Waals surface area (Å²) in [7, 11) is 2.16. The molecule has 0 saturated heterocycles. The molecule has 162 valence electrons. The van der Waals surface area contributed by atoms with Crippen molar-refractivity contribution in [3.8, 4) is 17.1 Å². The number of benzene rings is 4. The lowest BCUT2D eigenvalue weighted by molar-refractivity contribution is -0.633. The number of nitrogens with zero attached hydrogens (tertiary/aromatic N) is 2. The van der Waals surface area contributed by atoms with Crippen LogP contribution in [0.15, 0.2) is 89.3 Å². The van der Waals surface area contributed by atoms with Crippen molar-refractivity contribution >= 4 is 33.0 Å². The summed E-state index contributed by atoms with van der Waals surface area (Å²) >= 11 is 0. The highest BCUT2D eigenvalue weighted by Gasteiger charge is 2.31. The molecule has 3 heteroatoms. The van der Waals surface area contributed by atoms with Crippen LogP contribution in [0.25, 0.3) is 50.0 Å². The molecule has 0 saturated carbocycles. The van der Waals surface area contributed by atoms with Gasteiger partial charge in [-0.1, -0.05) is 74.5 Å². The second kappa shape index (κ2) is 7.35. The molecular formula is C30H27N2O+. The van der Waals surface area contributed by atoms with Crippen LogP contribution in [0.1, 0.15) is 30.9 Å². The summed E-state index contributed by atoms with van der Waals surface area (Å²) in [5, 5.41) is 2.31. The van der Waals surface area contributed by atoms with Gasteiger partial charge in [0.25, 0.3) is 5.82 Å². The first-order valence-electron chi connectivity index (χ1n) is 11.6. The average Bonchev–Trinajstić information content (AvgIpc) is 3.34. The van der Waals surface area contributed by atoms with Gasteiger partial charge in [-0.25, -0.2) is 4.57 Å². The molecule has 0 N–H and O–H groups in total. The van der Waals surface area contributed by atoms with Gasteiger partial charge in [0.15, 0.2) is 16.6 Å². The van der Waals surface area contributed by atoms with Crippen LogP contribution >= 0.6 is 0 Å². The number of hydrogen-bond acceptors (Lipinski definition) is 1. The van der Waals surface area contributed by atoms with E-state index in [0.717, 1.165) is 33.3 Å². The van der Waals surface area contributed by atoms with Gasteiger partial charge in [0.2, 0.25) is 0 Å². The quantitative estimate of drug-likeness (QED) is 0.267. The summed E-state index contributed by atoms with van der Waals surface area (Å²) < 4.78 is 11.2. The summed E-state index contributed by atoms with van der Waals surface area (Å²) in [6, 6.07) is 30.1. The van der Waals surface area contributed by atoms with Gasteiger partial charge < -0.3 is 4.42 Å². The smallest absolute Gasteiger partial charge is 0.298 e. The molecular weight excluding hydrogens is 404 g/mol. The molecule has 0 unspecified atom stereocenters. The molecule has 0 bridgehead atoms. The van der Waals surface area contributed by atoms with Gasteiger partial charge >= 0.3 is 0 Å². The van der Waals surface area contributed by atoms with E-state index in [4.69, 9.17) is 4.42 Å². The molecule has 0 atom stereocenters. The standard InChI is InChI=1S/C30H27N2O/c1-19(2)21-11-5-7-13-24(21)32-26-15-9-8-14-25(26)31(4)30(32)28-20(3)17-18-23-22-12-6-10-16-27(22)33-29(23)28/h5-19H,1-4H3/q+1. The summed E-state index contributed by atoms with van der Waals surface area (Å²) in [6.45, 7) is 6.70. The number of hydrogen-bond donors (Lipinski definition) is 0. The average molecular weight is 432 g/mol. The van der Waals surface area contributed by atoms with Gasteiger partial charge in [0, 0.05) is 16.3 Å². The Morgan fingerprint density at radius 2 is 1.52 bits per heavy atom. The van der Waals surface area contributed by atoms with Crippen LogP contribution in [0.3, 0.4) is 0 Å².